The number of primary amides is 1. The molecule has 1 aromatic heterocycles. The number of hydrogen-bond acceptors (Lipinski definition) is 3. The Morgan fingerprint density at radius 3 is 2.69 bits per heavy atom. The minimum Gasteiger partial charge on any atom is -0.350 e. The zero-order chi connectivity index (χ0) is 9.84. The summed E-state index contributed by atoms with van der Waals surface area (Å²) in [5, 5.41) is 6.22. The van der Waals surface area contributed by atoms with Crippen LogP contribution >= 0.6 is 0 Å². The quantitative estimate of drug-likeness (QED) is 0.420. The van der Waals surface area contributed by atoms with Crippen molar-refractivity contribution in [3.8, 4) is 0 Å². The molecule has 1 heterocycles. The monoisotopic (exact) mass is 183 g/mol. The van der Waals surface area contributed by atoms with E-state index in [0.717, 1.165) is 0 Å². The third-order valence-electron chi connectivity index (χ3n) is 1.37. The van der Waals surface area contributed by atoms with Gasteiger partial charge in [-0.25, -0.2) is 10.2 Å². The Labute approximate surface area is 73.7 Å². The number of H-pyrrole nitrogens is 1. The number of urea groups is 1. The van der Waals surface area contributed by atoms with E-state index < -0.39 is 11.9 Å². The lowest BCUT2D eigenvalue weighted by molar-refractivity contribution is 0.0937. The zero-order valence-electron chi connectivity index (χ0n) is 6.92. The van der Waals surface area contributed by atoms with Gasteiger partial charge >= 0.3 is 6.03 Å². The Hall–Kier alpha value is -2.05. The number of nitrogens with one attached hydrogen (secondary N) is 3. The fraction of sp³-hybridized carbons (Fsp3) is 0.167. The summed E-state index contributed by atoms with van der Waals surface area (Å²) >= 11 is 0. The van der Waals surface area contributed by atoms with E-state index >= 15 is 0 Å². The molecule has 0 aliphatic heterocycles. The maximum absolute atomic E-state index is 11.2. The zero-order valence-corrected chi connectivity index (χ0v) is 6.92. The van der Waals surface area contributed by atoms with Gasteiger partial charge < -0.3 is 5.73 Å². The van der Waals surface area contributed by atoms with Gasteiger partial charge in [0, 0.05) is 5.69 Å². The highest BCUT2D eigenvalue weighted by Crippen LogP contribution is 2.00. The van der Waals surface area contributed by atoms with Crippen molar-refractivity contribution in [2.24, 2.45) is 5.73 Å². The van der Waals surface area contributed by atoms with Gasteiger partial charge in [-0.1, -0.05) is 0 Å². The molecule has 0 saturated carbocycles. The third-order valence-corrected chi connectivity index (χ3v) is 1.37. The average molecular weight is 183 g/mol. The maximum Gasteiger partial charge on any atom is 0.330 e. The van der Waals surface area contributed by atoms with Crippen LogP contribution in [0.5, 0.6) is 0 Å². The van der Waals surface area contributed by atoms with Crippen LogP contribution in [-0.2, 0) is 0 Å². The number of aromatic nitrogens is 2. The molecule has 1 aromatic rings. The highest BCUT2D eigenvalue weighted by molar-refractivity contribution is 5.95. The summed E-state index contributed by atoms with van der Waals surface area (Å²) < 4.78 is 0. The van der Waals surface area contributed by atoms with Crippen LogP contribution in [0.15, 0.2) is 6.20 Å². The van der Waals surface area contributed by atoms with E-state index in [9.17, 15) is 9.59 Å². The van der Waals surface area contributed by atoms with Crippen molar-refractivity contribution >= 4 is 11.9 Å². The molecule has 0 fully saturated rings. The molecule has 0 aliphatic carbocycles. The van der Waals surface area contributed by atoms with Crippen molar-refractivity contribution in [2.45, 2.75) is 6.92 Å². The summed E-state index contributed by atoms with van der Waals surface area (Å²) in [6, 6.07) is -0.825. The van der Waals surface area contributed by atoms with Crippen LogP contribution < -0.4 is 16.6 Å². The summed E-state index contributed by atoms with van der Waals surface area (Å²) in [7, 11) is 0. The molecule has 0 unspecified atom stereocenters. The van der Waals surface area contributed by atoms with E-state index in [2.05, 4.69) is 15.6 Å². The van der Waals surface area contributed by atoms with Gasteiger partial charge in [0.2, 0.25) is 0 Å². The number of rotatable bonds is 1. The Balaban J connectivity index is 2.59. The maximum atomic E-state index is 11.2. The number of aryl methyl sites for hydroxylation is 1. The van der Waals surface area contributed by atoms with Gasteiger partial charge in [0.1, 0.15) is 0 Å². The molecule has 1 rings (SSSR count). The first kappa shape index (κ1) is 9.04. The van der Waals surface area contributed by atoms with Gasteiger partial charge in [-0.2, -0.15) is 5.10 Å². The highest BCUT2D eigenvalue weighted by atomic mass is 16.2. The van der Waals surface area contributed by atoms with Crippen molar-refractivity contribution in [2.75, 3.05) is 0 Å². The number of hydrogen-bond donors (Lipinski definition) is 4. The average Bonchev–Trinajstić information content (AvgIpc) is 2.47. The van der Waals surface area contributed by atoms with Gasteiger partial charge in [0.15, 0.2) is 0 Å². The fourth-order valence-corrected chi connectivity index (χ4v) is 0.765. The van der Waals surface area contributed by atoms with Crippen molar-refractivity contribution < 1.29 is 9.59 Å². The largest absolute Gasteiger partial charge is 0.350 e. The Morgan fingerprint density at radius 2 is 2.23 bits per heavy atom. The summed E-state index contributed by atoms with van der Waals surface area (Å²) in [6.07, 6.45) is 1.35. The van der Waals surface area contributed by atoms with Gasteiger partial charge in [-0.05, 0) is 6.92 Å². The fourth-order valence-electron chi connectivity index (χ4n) is 0.765. The van der Waals surface area contributed by atoms with Gasteiger partial charge in [0.25, 0.3) is 5.91 Å². The van der Waals surface area contributed by atoms with Crippen LogP contribution in [0.25, 0.3) is 0 Å². The predicted octanol–water partition coefficient (Wildman–Crippen LogP) is -0.969. The molecule has 70 valence electrons. The van der Waals surface area contributed by atoms with E-state index in [1.807, 2.05) is 5.43 Å². The van der Waals surface area contributed by atoms with Crippen LogP contribution in [0.3, 0.4) is 0 Å². The molecule has 0 bridgehead atoms. The lowest BCUT2D eigenvalue weighted by Crippen LogP contribution is -2.44. The van der Waals surface area contributed by atoms with Crippen LogP contribution in [0.1, 0.15) is 16.1 Å². The topological polar surface area (TPSA) is 113 Å². The first-order chi connectivity index (χ1) is 6.11. The molecule has 7 nitrogen and oxygen atoms in total. The molecule has 0 atom stereocenters. The molecule has 0 aliphatic rings. The van der Waals surface area contributed by atoms with E-state index in [1.54, 1.807) is 6.92 Å². The number of carbonyl (C=O) groups excluding carboxylic acids is 2. The molecule has 0 aromatic carbocycles. The summed E-state index contributed by atoms with van der Waals surface area (Å²) in [6.45, 7) is 1.69. The third kappa shape index (κ3) is 2.19. The van der Waals surface area contributed by atoms with Crippen molar-refractivity contribution in [3.05, 3.63) is 17.5 Å². The van der Waals surface area contributed by atoms with E-state index in [-0.39, 0.29) is 0 Å². The van der Waals surface area contributed by atoms with Crippen molar-refractivity contribution in [1.82, 2.24) is 21.0 Å². The molecule has 13 heavy (non-hydrogen) atoms. The second-order valence-electron chi connectivity index (χ2n) is 2.35. The molecule has 5 N–H and O–H groups in total. The molecule has 0 spiro atoms. The first-order valence-corrected chi connectivity index (χ1v) is 3.47. The summed E-state index contributed by atoms with van der Waals surface area (Å²) in [4.78, 5) is 21.4. The Bertz CT molecular complexity index is 332. The number of nitrogens with two attached hydrogens (primary N) is 1. The Kier molecular flexibility index (Phi) is 2.48. The molecule has 0 radical (unpaired) electrons. The molecule has 3 amide bonds. The summed E-state index contributed by atoms with van der Waals surface area (Å²) in [5.74, 6) is -0.468. The molecular formula is C6H9N5O2. The number of amides is 3. The van der Waals surface area contributed by atoms with Gasteiger partial charge in [-0.15, -0.1) is 0 Å². The molecular weight excluding hydrogens is 174 g/mol. The van der Waals surface area contributed by atoms with E-state index in [0.29, 0.717) is 11.3 Å². The smallest absolute Gasteiger partial charge is 0.330 e. The van der Waals surface area contributed by atoms with Gasteiger partial charge in [-0.3, -0.25) is 15.3 Å². The van der Waals surface area contributed by atoms with Crippen molar-refractivity contribution in [1.29, 1.82) is 0 Å². The number of carbonyl (C=O) groups is 2. The molecule has 7 heteroatoms. The predicted molar refractivity (Wildman–Crippen MR) is 43.5 cm³/mol. The lowest BCUT2D eigenvalue weighted by Gasteiger charge is -2.02. The van der Waals surface area contributed by atoms with Crippen LogP contribution in [0, 0.1) is 6.92 Å². The van der Waals surface area contributed by atoms with E-state index in [1.165, 1.54) is 6.20 Å². The SMILES string of the molecule is Cc1[nH]ncc1C(=O)NNC(N)=O. The number of hydrazine groups is 1. The second kappa shape index (κ2) is 3.57. The summed E-state index contributed by atoms with van der Waals surface area (Å²) in [5.41, 5.74) is 9.77. The second-order valence-corrected chi connectivity index (χ2v) is 2.35. The van der Waals surface area contributed by atoms with Gasteiger partial charge in [0.05, 0.1) is 11.8 Å². The standard InChI is InChI=1S/C6H9N5O2/c1-3-4(2-8-9-3)5(12)10-11-6(7)13/h2H,1H3,(H,8,9)(H,10,12)(H3,7,11,13). The molecule has 0 saturated heterocycles. The minimum atomic E-state index is -0.825. The van der Waals surface area contributed by atoms with Crippen LogP contribution in [-0.4, -0.2) is 22.1 Å². The Morgan fingerprint density at radius 1 is 1.54 bits per heavy atom. The van der Waals surface area contributed by atoms with E-state index in [4.69, 9.17) is 5.73 Å². The van der Waals surface area contributed by atoms with Crippen molar-refractivity contribution in [3.63, 3.8) is 0 Å². The highest BCUT2D eigenvalue weighted by Gasteiger charge is 2.09. The van der Waals surface area contributed by atoms with Crippen LogP contribution in [0.4, 0.5) is 4.79 Å². The minimum absolute atomic E-state index is 0.355. The first-order valence-electron chi connectivity index (χ1n) is 3.47. The number of nitrogens with zero attached hydrogens (tertiary/aromatic N) is 1. The number of aromatic amines is 1. The lowest BCUT2D eigenvalue weighted by atomic mass is 10.2. The normalized spacial score (nSPS) is 9.31. The van der Waals surface area contributed by atoms with Crippen LogP contribution in [0.2, 0.25) is 0 Å².